The Morgan fingerprint density at radius 1 is 1.19 bits per heavy atom. The molecule has 1 saturated heterocycles. The summed E-state index contributed by atoms with van der Waals surface area (Å²) >= 11 is 0. The number of amides is 2. The van der Waals surface area contributed by atoms with E-state index in [2.05, 4.69) is 45.2 Å². The first-order valence-corrected chi connectivity index (χ1v) is 9.74. The predicted octanol–water partition coefficient (Wildman–Crippen LogP) is 3.36. The molecule has 1 unspecified atom stereocenters. The number of benzene rings is 1. The normalized spacial score (nSPS) is 19.9. The number of aromatic nitrogens is 3. The minimum absolute atomic E-state index is 0.00404. The number of nitrogens with zero attached hydrogens (tertiary/aromatic N) is 4. The quantitative estimate of drug-likeness (QED) is 0.920. The van der Waals surface area contributed by atoms with Crippen LogP contribution in [0.25, 0.3) is 0 Å². The summed E-state index contributed by atoms with van der Waals surface area (Å²) in [4.78, 5) is 14.9. The molecule has 6 nitrogen and oxygen atoms in total. The van der Waals surface area contributed by atoms with Gasteiger partial charge in [-0.2, -0.15) is 0 Å². The Bertz CT molecular complexity index is 784. The first-order valence-electron chi connectivity index (χ1n) is 9.74. The summed E-state index contributed by atoms with van der Waals surface area (Å²) in [6, 6.07) is 8.31. The zero-order chi connectivity index (χ0) is 17.9. The summed E-state index contributed by atoms with van der Waals surface area (Å²) in [5.74, 6) is 2.06. The summed E-state index contributed by atoms with van der Waals surface area (Å²) in [5, 5.41) is 12.0. The SMILES string of the molecule is Cc1cccc(CNC(=O)N2CCCCC2c2nnc3n2CCCC3)c1. The molecule has 1 fully saturated rings. The Balaban J connectivity index is 1.48. The number of aryl methyl sites for hydroxylation is 2. The molecule has 1 N–H and O–H groups in total. The monoisotopic (exact) mass is 353 g/mol. The van der Waals surface area contributed by atoms with Crippen LogP contribution in [-0.2, 0) is 19.5 Å². The molecule has 0 saturated carbocycles. The summed E-state index contributed by atoms with van der Waals surface area (Å²) < 4.78 is 2.25. The van der Waals surface area contributed by atoms with Crippen molar-refractivity contribution in [3.05, 3.63) is 47.0 Å². The lowest BCUT2D eigenvalue weighted by molar-refractivity contribution is 0.144. The Hall–Kier alpha value is -2.37. The lowest BCUT2D eigenvalue weighted by atomic mass is 10.0. The van der Waals surface area contributed by atoms with Crippen LogP contribution in [-0.4, -0.2) is 32.2 Å². The van der Waals surface area contributed by atoms with Crippen molar-refractivity contribution in [2.75, 3.05) is 6.54 Å². The molecule has 26 heavy (non-hydrogen) atoms. The minimum atomic E-state index is 0.00404. The van der Waals surface area contributed by atoms with Crippen LogP contribution in [0.15, 0.2) is 24.3 Å². The maximum Gasteiger partial charge on any atom is 0.318 e. The number of carbonyl (C=O) groups excluding carboxylic acids is 1. The highest BCUT2D eigenvalue weighted by molar-refractivity contribution is 5.74. The summed E-state index contributed by atoms with van der Waals surface area (Å²) in [7, 11) is 0. The number of hydrogen-bond acceptors (Lipinski definition) is 3. The largest absolute Gasteiger partial charge is 0.334 e. The average molecular weight is 353 g/mol. The fraction of sp³-hybridized carbons (Fsp3) is 0.550. The van der Waals surface area contributed by atoms with E-state index in [4.69, 9.17) is 0 Å². The molecule has 1 atom stereocenters. The predicted molar refractivity (Wildman–Crippen MR) is 99.7 cm³/mol. The topological polar surface area (TPSA) is 63.1 Å². The lowest BCUT2D eigenvalue weighted by Gasteiger charge is -2.35. The second-order valence-electron chi connectivity index (χ2n) is 7.44. The molecule has 2 aliphatic rings. The molecule has 0 bridgehead atoms. The molecule has 6 heteroatoms. The van der Waals surface area contributed by atoms with E-state index in [0.717, 1.165) is 56.0 Å². The Morgan fingerprint density at radius 2 is 2.08 bits per heavy atom. The van der Waals surface area contributed by atoms with Crippen LogP contribution in [0.1, 0.15) is 60.9 Å². The molecular weight excluding hydrogens is 326 g/mol. The number of fused-ring (bicyclic) bond motifs is 1. The van der Waals surface area contributed by atoms with E-state index in [9.17, 15) is 4.79 Å². The van der Waals surface area contributed by atoms with Crippen LogP contribution in [0.3, 0.4) is 0 Å². The van der Waals surface area contributed by atoms with Gasteiger partial charge in [0.25, 0.3) is 0 Å². The molecule has 0 aliphatic carbocycles. The van der Waals surface area contributed by atoms with Crippen LogP contribution in [0.2, 0.25) is 0 Å². The van der Waals surface area contributed by atoms with Gasteiger partial charge in [0.2, 0.25) is 0 Å². The fourth-order valence-corrected chi connectivity index (χ4v) is 4.12. The number of piperidine rings is 1. The van der Waals surface area contributed by atoms with E-state index in [1.165, 1.54) is 18.4 Å². The van der Waals surface area contributed by atoms with Crippen molar-refractivity contribution in [2.24, 2.45) is 0 Å². The van der Waals surface area contributed by atoms with E-state index in [0.29, 0.717) is 6.54 Å². The van der Waals surface area contributed by atoms with Crippen LogP contribution in [0.5, 0.6) is 0 Å². The highest BCUT2D eigenvalue weighted by atomic mass is 16.2. The first-order chi connectivity index (χ1) is 12.7. The van der Waals surface area contributed by atoms with Crippen molar-refractivity contribution >= 4 is 6.03 Å². The summed E-state index contributed by atoms with van der Waals surface area (Å²) in [6.45, 7) is 4.39. The maximum atomic E-state index is 12.9. The van der Waals surface area contributed by atoms with Crippen molar-refractivity contribution in [1.82, 2.24) is 25.0 Å². The van der Waals surface area contributed by atoms with Gasteiger partial charge in [-0.1, -0.05) is 29.8 Å². The van der Waals surface area contributed by atoms with Gasteiger partial charge in [-0.05, 0) is 44.6 Å². The number of likely N-dealkylation sites (tertiary alicyclic amines) is 1. The van der Waals surface area contributed by atoms with E-state index in [1.54, 1.807) is 0 Å². The third-order valence-corrected chi connectivity index (χ3v) is 5.48. The van der Waals surface area contributed by atoms with E-state index in [-0.39, 0.29) is 12.1 Å². The van der Waals surface area contributed by atoms with Crippen LogP contribution in [0.4, 0.5) is 4.79 Å². The highest BCUT2D eigenvalue weighted by Gasteiger charge is 2.32. The summed E-state index contributed by atoms with van der Waals surface area (Å²) in [5.41, 5.74) is 2.34. The van der Waals surface area contributed by atoms with Gasteiger partial charge < -0.3 is 14.8 Å². The van der Waals surface area contributed by atoms with Crippen molar-refractivity contribution in [2.45, 2.75) is 64.6 Å². The zero-order valence-corrected chi connectivity index (χ0v) is 15.4. The Kier molecular flexibility index (Phi) is 4.91. The van der Waals surface area contributed by atoms with E-state index in [1.807, 2.05) is 11.0 Å². The number of urea groups is 1. The third kappa shape index (κ3) is 3.45. The van der Waals surface area contributed by atoms with Gasteiger partial charge in [-0.25, -0.2) is 4.79 Å². The van der Waals surface area contributed by atoms with Crippen molar-refractivity contribution in [3.8, 4) is 0 Å². The standard InChI is InChI=1S/C20H27N5O/c1-15-7-6-8-16(13-15)14-21-20(26)24-11-4-2-9-17(24)19-23-22-18-10-3-5-12-25(18)19/h6-8,13,17H,2-5,9-12,14H2,1H3,(H,21,26). The van der Waals surface area contributed by atoms with Gasteiger partial charge >= 0.3 is 6.03 Å². The molecule has 0 spiro atoms. The zero-order valence-electron chi connectivity index (χ0n) is 15.4. The second-order valence-corrected chi connectivity index (χ2v) is 7.44. The number of nitrogens with one attached hydrogen (secondary N) is 1. The maximum absolute atomic E-state index is 12.9. The Morgan fingerprint density at radius 3 is 2.96 bits per heavy atom. The van der Waals surface area contributed by atoms with Crippen molar-refractivity contribution in [1.29, 1.82) is 0 Å². The van der Waals surface area contributed by atoms with Crippen LogP contribution >= 0.6 is 0 Å². The smallest absolute Gasteiger partial charge is 0.318 e. The van der Waals surface area contributed by atoms with Gasteiger partial charge in [0.05, 0.1) is 6.04 Å². The van der Waals surface area contributed by atoms with Gasteiger partial charge in [0, 0.05) is 26.1 Å². The van der Waals surface area contributed by atoms with E-state index < -0.39 is 0 Å². The van der Waals surface area contributed by atoms with Gasteiger partial charge in [-0.3, -0.25) is 0 Å². The first kappa shape index (κ1) is 17.1. The van der Waals surface area contributed by atoms with Crippen LogP contribution < -0.4 is 5.32 Å². The number of carbonyl (C=O) groups is 1. The highest BCUT2D eigenvalue weighted by Crippen LogP contribution is 2.31. The number of rotatable bonds is 3. The fourth-order valence-electron chi connectivity index (χ4n) is 4.12. The molecule has 2 aliphatic heterocycles. The van der Waals surface area contributed by atoms with Gasteiger partial charge in [-0.15, -0.1) is 10.2 Å². The van der Waals surface area contributed by atoms with Crippen molar-refractivity contribution < 1.29 is 4.79 Å². The molecule has 4 rings (SSSR count). The van der Waals surface area contributed by atoms with Crippen LogP contribution in [0, 0.1) is 6.92 Å². The van der Waals surface area contributed by atoms with Gasteiger partial charge in [0.15, 0.2) is 5.82 Å². The molecule has 138 valence electrons. The molecule has 2 amide bonds. The van der Waals surface area contributed by atoms with Crippen molar-refractivity contribution in [3.63, 3.8) is 0 Å². The summed E-state index contributed by atoms with van der Waals surface area (Å²) in [6.07, 6.45) is 6.51. The average Bonchev–Trinajstić information content (AvgIpc) is 3.10. The molecule has 1 aromatic heterocycles. The second kappa shape index (κ2) is 7.48. The van der Waals surface area contributed by atoms with E-state index >= 15 is 0 Å². The minimum Gasteiger partial charge on any atom is -0.334 e. The molecule has 2 aromatic rings. The Labute approximate surface area is 154 Å². The molecule has 0 radical (unpaired) electrons. The van der Waals surface area contributed by atoms with Gasteiger partial charge in [0.1, 0.15) is 5.82 Å². The molecule has 3 heterocycles. The lowest BCUT2D eigenvalue weighted by Crippen LogP contribution is -2.45. The number of hydrogen-bond donors (Lipinski definition) is 1. The molecular formula is C20H27N5O. The third-order valence-electron chi connectivity index (χ3n) is 5.48. The molecule has 1 aromatic carbocycles.